The molecule has 0 aliphatic carbocycles. The molecule has 0 saturated carbocycles. The molecule has 15 heavy (non-hydrogen) atoms. The fourth-order valence-corrected chi connectivity index (χ4v) is 1.46. The molecule has 2 N–H and O–H groups in total. The summed E-state index contributed by atoms with van der Waals surface area (Å²) < 4.78 is 9.66. The van der Waals surface area contributed by atoms with E-state index in [9.17, 15) is 9.90 Å². The van der Waals surface area contributed by atoms with Gasteiger partial charge in [-0.2, -0.15) is 0 Å². The van der Waals surface area contributed by atoms with Crippen LogP contribution in [0, 0.1) is 0 Å². The van der Waals surface area contributed by atoms with Gasteiger partial charge in [-0.15, -0.1) is 0 Å². The summed E-state index contributed by atoms with van der Waals surface area (Å²) in [5, 5.41) is 12.3. The molecular weight excluding hydrogens is 198 g/mol. The molecule has 0 spiro atoms. The second kappa shape index (κ2) is 5.72. The summed E-state index contributed by atoms with van der Waals surface area (Å²) >= 11 is 0. The summed E-state index contributed by atoms with van der Waals surface area (Å²) in [6.07, 6.45) is 4.28. The maximum atomic E-state index is 10.8. The lowest BCUT2D eigenvalue weighted by Gasteiger charge is -2.35. The number of rotatable bonds is 4. The lowest BCUT2D eigenvalue weighted by Crippen LogP contribution is -2.50. The van der Waals surface area contributed by atoms with E-state index in [0.29, 0.717) is 13.2 Å². The molecule has 0 bridgehead atoms. The zero-order valence-electron chi connectivity index (χ0n) is 8.86. The van der Waals surface area contributed by atoms with Gasteiger partial charge in [-0.1, -0.05) is 0 Å². The minimum atomic E-state index is -0.414. The van der Waals surface area contributed by atoms with Crippen molar-refractivity contribution in [1.29, 1.82) is 0 Å². The Hall–Kier alpha value is -1.07. The first-order chi connectivity index (χ1) is 7.22. The van der Waals surface area contributed by atoms with Crippen molar-refractivity contribution in [1.82, 2.24) is 5.32 Å². The van der Waals surface area contributed by atoms with Gasteiger partial charge in [-0.3, -0.25) is 0 Å². The molecule has 0 radical (unpaired) electrons. The average molecular weight is 215 g/mol. The van der Waals surface area contributed by atoms with E-state index in [1.807, 2.05) is 0 Å². The highest BCUT2D eigenvalue weighted by Crippen LogP contribution is 2.19. The van der Waals surface area contributed by atoms with Crippen molar-refractivity contribution in [3.05, 3.63) is 12.3 Å². The van der Waals surface area contributed by atoms with E-state index in [1.54, 1.807) is 0 Å². The number of esters is 1. The van der Waals surface area contributed by atoms with Crippen LogP contribution in [0.1, 0.15) is 12.8 Å². The van der Waals surface area contributed by atoms with Crippen LogP contribution in [-0.4, -0.2) is 43.5 Å². The average Bonchev–Trinajstić information content (AvgIpc) is 2.30. The van der Waals surface area contributed by atoms with E-state index in [2.05, 4.69) is 10.1 Å². The van der Waals surface area contributed by atoms with Gasteiger partial charge in [0.2, 0.25) is 0 Å². The van der Waals surface area contributed by atoms with Crippen molar-refractivity contribution in [2.45, 2.75) is 18.4 Å². The summed E-state index contributed by atoms with van der Waals surface area (Å²) in [6, 6.07) is 0. The van der Waals surface area contributed by atoms with E-state index in [4.69, 9.17) is 4.74 Å². The SMILES string of the molecule is COC(=O)/C=C/NC1(CO)CCOCC1. The number of hydrogen-bond donors (Lipinski definition) is 2. The largest absolute Gasteiger partial charge is 0.466 e. The molecule has 0 unspecified atom stereocenters. The van der Waals surface area contributed by atoms with Gasteiger partial charge < -0.3 is 19.9 Å². The molecule has 5 nitrogen and oxygen atoms in total. The Kier molecular flexibility index (Phi) is 4.58. The molecule has 0 aromatic rings. The molecule has 0 aromatic heterocycles. The Morgan fingerprint density at radius 2 is 2.27 bits per heavy atom. The van der Waals surface area contributed by atoms with Gasteiger partial charge in [-0.25, -0.2) is 4.79 Å². The Labute approximate surface area is 89.1 Å². The molecule has 1 rings (SSSR count). The Balaban J connectivity index is 2.45. The van der Waals surface area contributed by atoms with Crippen LogP contribution in [0.5, 0.6) is 0 Å². The lowest BCUT2D eigenvalue weighted by atomic mass is 9.91. The van der Waals surface area contributed by atoms with Crippen molar-refractivity contribution in [2.75, 3.05) is 26.9 Å². The van der Waals surface area contributed by atoms with Gasteiger partial charge in [-0.05, 0) is 12.8 Å². The van der Waals surface area contributed by atoms with Gasteiger partial charge in [0.1, 0.15) is 0 Å². The van der Waals surface area contributed by atoms with Crippen LogP contribution in [0.2, 0.25) is 0 Å². The Morgan fingerprint density at radius 1 is 1.60 bits per heavy atom. The van der Waals surface area contributed by atoms with Gasteiger partial charge in [0.15, 0.2) is 0 Å². The summed E-state index contributed by atoms with van der Waals surface area (Å²) in [4.78, 5) is 10.8. The van der Waals surface area contributed by atoms with Gasteiger partial charge in [0.05, 0.1) is 19.3 Å². The number of methoxy groups -OCH3 is 1. The topological polar surface area (TPSA) is 67.8 Å². The van der Waals surface area contributed by atoms with Crippen LogP contribution in [0.15, 0.2) is 12.3 Å². The van der Waals surface area contributed by atoms with Crippen molar-refractivity contribution in [3.63, 3.8) is 0 Å². The summed E-state index contributed by atoms with van der Waals surface area (Å²) in [6.45, 7) is 1.28. The molecule has 0 atom stereocenters. The smallest absolute Gasteiger partial charge is 0.331 e. The van der Waals surface area contributed by atoms with E-state index >= 15 is 0 Å². The number of ether oxygens (including phenoxy) is 2. The predicted octanol–water partition coefficient (Wildman–Crippen LogP) is -0.196. The van der Waals surface area contributed by atoms with E-state index in [-0.39, 0.29) is 12.1 Å². The zero-order valence-corrected chi connectivity index (χ0v) is 8.86. The summed E-state index contributed by atoms with van der Waals surface area (Å²) in [5.41, 5.74) is -0.358. The summed E-state index contributed by atoms with van der Waals surface area (Å²) in [5.74, 6) is -0.414. The number of aliphatic hydroxyl groups is 1. The molecule has 1 heterocycles. The third kappa shape index (κ3) is 3.53. The van der Waals surface area contributed by atoms with E-state index in [1.165, 1.54) is 19.4 Å². The molecular formula is C10H17NO4. The molecule has 1 aliphatic heterocycles. The molecule has 0 aromatic carbocycles. The minimum Gasteiger partial charge on any atom is -0.466 e. The lowest BCUT2D eigenvalue weighted by molar-refractivity contribution is -0.134. The number of hydrogen-bond acceptors (Lipinski definition) is 5. The highest BCUT2D eigenvalue weighted by atomic mass is 16.5. The third-order valence-electron chi connectivity index (χ3n) is 2.56. The number of nitrogens with one attached hydrogen (secondary N) is 1. The molecule has 1 saturated heterocycles. The summed E-state index contributed by atoms with van der Waals surface area (Å²) in [7, 11) is 1.32. The highest BCUT2D eigenvalue weighted by Gasteiger charge is 2.30. The van der Waals surface area contributed by atoms with Crippen LogP contribution in [0.4, 0.5) is 0 Å². The number of carbonyl (C=O) groups is 1. The fourth-order valence-electron chi connectivity index (χ4n) is 1.46. The van der Waals surface area contributed by atoms with Crippen molar-refractivity contribution < 1.29 is 19.4 Å². The first-order valence-electron chi connectivity index (χ1n) is 4.93. The first kappa shape index (κ1) is 12.0. The predicted molar refractivity (Wildman–Crippen MR) is 54.2 cm³/mol. The van der Waals surface area contributed by atoms with Crippen LogP contribution in [-0.2, 0) is 14.3 Å². The molecule has 5 heteroatoms. The molecule has 0 amide bonds. The quantitative estimate of drug-likeness (QED) is 0.502. The van der Waals surface area contributed by atoms with Crippen molar-refractivity contribution in [3.8, 4) is 0 Å². The third-order valence-corrected chi connectivity index (χ3v) is 2.56. The first-order valence-corrected chi connectivity index (χ1v) is 4.93. The normalized spacial score (nSPS) is 20.1. The van der Waals surface area contributed by atoms with Crippen LogP contribution in [0.3, 0.4) is 0 Å². The van der Waals surface area contributed by atoms with Crippen molar-refractivity contribution >= 4 is 5.97 Å². The second-order valence-electron chi connectivity index (χ2n) is 3.55. The minimum absolute atomic E-state index is 0.0296. The Bertz CT molecular complexity index is 234. The Morgan fingerprint density at radius 3 is 2.80 bits per heavy atom. The number of carbonyl (C=O) groups excluding carboxylic acids is 1. The van der Waals surface area contributed by atoms with Crippen LogP contribution >= 0.6 is 0 Å². The maximum Gasteiger partial charge on any atom is 0.331 e. The fraction of sp³-hybridized carbons (Fsp3) is 0.700. The molecule has 1 fully saturated rings. The van der Waals surface area contributed by atoms with Gasteiger partial charge >= 0.3 is 5.97 Å². The van der Waals surface area contributed by atoms with Crippen LogP contribution < -0.4 is 5.32 Å². The maximum absolute atomic E-state index is 10.8. The molecule has 86 valence electrons. The van der Waals surface area contributed by atoms with E-state index < -0.39 is 5.97 Å². The van der Waals surface area contributed by atoms with E-state index in [0.717, 1.165) is 12.8 Å². The molecule has 1 aliphatic rings. The van der Waals surface area contributed by atoms with Gasteiger partial charge in [0, 0.05) is 25.5 Å². The standard InChI is InChI=1S/C10H17NO4/c1-14-9(13)2-5-11-10(8-12)3-6-15-7-4-10/h2,5,11-12H,3-4,6-8H2,1H3/b5-2+. The van der Waals surface area contributed by atoms with Crippen molar-refractivity contribution in [2.24, 2.45) is 0 Å². The second-order valence-corrected chi connectivity index (χ2v) is 3.55. The van der Waals surface area contributed by atoms with Gasteiger partial charge in [0.25, 0.3) is 0 Å². The highest BCUT2D eigenvalue weighted by molar-refractivity contribution is 5.81. The van der Waals surface area contributed by atoms with Crippen LogP contribution in [0.25, 0.3) is 0 Å². The monoisotopic (exact) mass is 215 g/mol. The zero-order chi connectivity index (χ0) is 11.1. The number of aliphatic hydroxyl groups excluding tert-OH is 1.